The van der Waals surface area contributed by atoms with Crippen molar-refractivity contribution in [2.75, 3.05) is 45.7 Å². The Kier molecular flexibility index (Phi) is 16.3. The number of aromatic nitrogens is 1. The molecule has 1 aliphatic heterocycles. The summed E-state index contributed by atoms with van der Waals surface area (Å²) >= 11 is 2.89. The average molecular weight is 973 g/mol. The number of aliphatic imine (C=N–C) groups is 1. The van der Waals surface area contributed by atoms with Crippen molar-refractivity contribution in [2.45, 2.75) is 72.8 Å². The smallest absolute Gasteiger partial charge is 0.185 e. The maximum absolute atomic E-state index is 13.3. The molecule has 1 aromatic heterocycles. The van der Waals surface area contributed by atoms with Gasteiger partial charge < -0.3 is 14.5 Å². The summed E-state index contributed by atoms with van der Waals surface area (Å²) in [6, 6.07) is 37.6. The van der Waals surface area contributed by atoms with Gasteiger partial charge in [0.1, 0.15) is 5.75 Å². The number of benzene rings is 4. The molecule has 5 aromatic rings. The summed E-state index contributed by atoms with van der Waals surface area (Å²) in [6.45, 7) is 9.35. The third-order valence-electron chi connectivity index (χ3n) is 13.1. The number of fused-ring (bicyclic) bond motifs is 1. The van der Waals surface area contributed by atoms with Crippen molar-refractivity contribution in [3.8, 4) is 5.75 Å². The molecule has 68 heavy (non-hydrogen) atoms. The van der Waals surface area contributed by atoms with Gasteiger partial charge in [0.15, 0.2) is 11.6 Å². The van der Waals surface area contributed by atoms with Crippen LogP contribution in [0, 0.1) is 5.41 Å². The Balaban J connectivity index is 0.860. The first-order chi connectivity index (χ1) is 32.6. The Morgan fingerprint density at radius 1 is 0.735 bits per heavy atom. The molecular weight excluding hydrogens is 912 g/mol. The van der Waals surface area contributed by atoms with Crippen LogP contribution in [0.2, 0.25) is 0 Å². The zero-order chi connectivity index (χ0) is 48.6. The number of thiazole rings is 1. The van der Waals surface area contributed by atoms with Crippen LogP contribution >= 0.6 is 30.4 Å². The number of thioether (sulfide) groups is 1. The number of Topliss-reactive ketones (excluding diaryl/α,β-unsaturated/α-hetero) is 2. The summed E-state index contributed by atoms with van der Waals surface area (Å²) in [6.07, 6.45) is 4.40. The fraction of sp³-hybridized carbons (Fsp3) is 0.352. The van der Waals surface area contributed by atoms with Crippen molar-refractivity contribution < 1.29 is 33.4 Å². The molecule has 4 aromatic carbocycles. The minimum absolute atomic E-state index is 0.0208. The van der Waals surface area contributed by atoms with Crippen LogP contribution in [-0.4, -0.2) is 101 Å². The van der Waals surface area contributed by atoms with Crippen molar-refractivity contribution in [3.63, 3.8) is 0 Å². The Morgan fingerprint density at radius 2 is 1.31 bits per heavy atom. The van der Waals surface area contributed by atoms with E-state index in [-0.39, 0.29) is 43.0 Å². The molecule has 0 spiro atoms. The predicted molar refractivity (Wildman–Crippen MR) is 279 cm³/mol. The van der Waals surface area contributed by atoms with Gasteiger partial charge in [-0.05, 0) is 32.9 Å². The number of unbranched alkanes of at least 4 members (excludes halogenated alkanes) is 3. The largest absolute Gasteiger partial charge is 0.289 e. The van der Waals surface area contributed by atoms with Crippen LogP contribution in [0.5, 0.6) is 5.75 Å². The van der Waals surface area contributed by atoms with Gasteiger partial charge in [0.2, 0.25) is 5.91 Å². The monoisotopic (exact) mass is 972 g/mol. The maximum atomic E-state index is 13.3. The van der Waals surface area contributed by atoms with Gasteiger partial charge in [0, 0.05) is 67.4 Å². The summed E-state index contributed by atoms with van der Waals surface area (Å²) in [5, 5.41) is 5.62. The third kappa shape index (κ3) is 11.2. The average Bonchev–Trinajstić information content (AvgIpc) is 4.02. The minimum Gasteiger partial charge on any atom is -0.289 e. The van der Waals surface area contributed by atoms with E-state index in [9.17, 15) is 24.0 Å². The van der Waals surface area contributed by atoms with Gasteiger partial charge in [-0.25, -0.2) is 9.78 Å². The fourth-order valence-electron chi connectivity index (χ4n) is 9.09. The van der Waals surface area contributed by atoms with Gasteiger partial charge in [-0.15, -0.1) is 11.3 Å². The maximum Gasteiger partial charge on any atom is 0.185 e. The molecule has 0 saturated carbocycles. The van der Waals surface area contributed by atoms with Gasteiger partial charge in [0.05, 0.1) is 10.2 Å². The first kappa shape index (κ1) is 50.1. The second-order valence-electron chi connectivity index (χ2n) is 18.3. The van der Waals surface area contributed by atoms with E-state index in [0.717, 1.165) is 42.1 Å². The Labute approximate surface area is 408 Å². The van der Waals surface area contributed by atoms with E-state index in [1.165, 1.54) is 48.8 Å². The molecule has 0 saturated heterocycles. The van der Waals surface area contributed by atoms with Crippen LogP contribution in [0.25, 0.3) is 10.2 Å². The second-order valence-corrected chi connectivity index (χ2v) is 24.4. The summed E-state index contributed by atoms with van der Waals surface area (Å²) in [5.41, 5.74) is 1.46. The molecule has 2 heterocycles. The van der Waals surface area contributed by atoms with E-state index in [4.69, 9.17) is 19.5 Å². The zero-order valence-corrected chi connectivity index (χ0v) is 42.6. The number of hydrogen-bond donors (Lipinski definition) is 0. The number of carbonyl (C=O) groups is 5. The Bertz CT molecular complexity index is 2670. The SMILES string of the molecule is CC1=C(C)C(=O)C(C(C)(C)CC(=O)N(C)CCN(C)C(=O)Oc2ccc3nc(C4=N[C@@H](C(=O)OCCCCCC[PH](c5ccccc5)(c5ccccc5)c5ccccc5)CS4)sc3c2)=C(C)C1=O. The molecule has 0 fully saturated rings. The molecule has 11 nitrogen and oxygen atoms in total. The Morgan fingerprint density at radius 3 is 1.93 bits per heavy atom. The number of ketones is 2. The normalized spacial score (nSPS) is 15.7. The molecule has 1 atom stereocenters. The van der Waals surface area contributed by atoms with Crippen molar-refractivity contribution in [1.82, 2.24) is 14.8 Å². The number of carbonyl (C=O) groups excluding carboxylic acids is 5. The molecule has 0 radical (unpaired) electrons. The molecule has 1 aliphatic carbocycles. The van der Waals surface area contributed by atoms with Crippen molar-refractivity contribution in [2.24, 2.45) is 10.4 Å². The summed E-state index contributed by atoms with van der Waals surface area (Å²) in [4.78, 5) is 77.9. The van der Waals surface area contributed by atoms with E-state index in [0.29, 0.717) is 50.5 Å². The number of esters is 1. The van der Waals surface area contributed by atoms with Crippen LogP contribution in [0.4, 0.5) is 4.79 Å². The summed E-state index contributed by atoms with van der Waals surface area (Å²) in [5.74, 6) is -0.0774. The first-order valence-electron chi connectivity index (χ1n) is 23.2. The van der Waals surface area contributed by atoms with Crippen LogP contribution in [0.3, 0.4) is 0 Å². The number of amides is 2. The van der Waals surface area contributed by atoms with Crippen molar-refractivity contribution >= 4 is 91.1 Å². The predicted octanol–water partition coefficient (Wildman–Crippen LogP) is 9.10. The van der Waals surface area contributed by atoms with Gasteiger partial charge >= 0.3 is 213 Å². The van der Waals surface area contributed by atoms with Crippen LogP contribution in [0.15, 0.2) is 136 Å². The fourth-order valence-corrected chi connectivity index (χ4v) is 16.1. The molecule has 0 N–H and O–H groups in total. The minimum atomic E-state index is -2.26. The van der Waals surface area contributed by atoms with Crippen LogP contribution in [-0.2, 0) is 23.9 Å². The molecular formula is C54H61N4O7PS2. The van der Waals surface area contributed by atoms with E-state index in [1.807, 2.05) is 0 Å². The standard InChI is InChI=1S/C54H61N4O7PS2/c1-36-37(2)49(61)47(38(3)48(36)60)54(4,5)34-46(59)57(6)29-30-58(7)53(63)65-39-27-28-43-45(33-39)68-51(55-43)50-56-44(35-67-50)52(62)64-31-19-8-9-20-32-66(40-21-13-10-14-22-40,41-23-15-11-16-24-41)42-25-17-12-18-26-42/h10-18,21-28,33,44,66H,8-9,19-20,29-32,34-35H2,1-7H3/t44-/m1/s1. The molecule has 2 aliphatic rings. The Hall–Kier alpha value is -5.75. The molecule has 356 valence electrons. The second kappa shape index (κ2) is 22.1. The first-order valence-corrected chi connectivity index (χ1v) is 27.2. The van der Waals surface area contributed by atoms with E-state index >= 15 is 0 Å². The van der Waals surface area contributed by atoms with Gasteiger partial charge in [-0.1, -0.05) is 13.8 Å². The van der Waals surface area contributed by atoms with Crippen molar-refractivity contribution in [1.29, 1.82) is 0 Å². The molecule has 2 amide bonds. The third-order valence-corrected chi connectivity index (χ3v) is 20.4. The van der Waals surface area contributed by atoms with E-state index < -0.39 is 24.8 Å². The number of hydrogen-bond acceptors (Lipinski definition) is 11. The van der Waals surface area contributed by atoms with Crippen LogP contribution < -0.4 is 20.7 Å². The van der Waals surface area contributed by atoms with Crippen LogP contribution in [0.1, 0.15) is 71.7 Å². The zero-order valence-electron chi connectivity index (χ0n) is 40.0. The van der Waals surface area contributed by atoms with E-state index in [1.54, 1.807) is 66.9 Å². The number of rotatable bonds is 19. The summed E-state index contributed by atoms with van der Waals surface area (Å²) in [7, 11) is 0.981. The molecule has 7 rings (SSSR count). The topological polar surface area (TPSA) is 136 Å². The van der Waals surface area contributed by atoms with Gasteiger partial charge in [0.25, 0.3) is 0 Å². The molecule has 0 bridgehead atoms. The summed E-state index contributed by atoms with van der Waals surface area (Å²) < 4.78 is 12.2. The van der Waals surface area contributed by atoms with Gasteiger partial charge in [-0.3, -0.25) is 14.4 Å². The number of allylic oxidation sites excluding steroid dienone is 4. The number of nitrogens with zero attached hydrogens (tertiary/aromatic N) is 4. The molecule has 0 unspecified atom stereocenters. The number of ether oxygens (including phenoxy) is 2. The van der Waals surface area contributed by atoms with E-state index in [2.05, 4.69) is 91.0 Å². The van der Waals surface area contributed by atoms with Gasteiger partial charge in [-0.2, -0.15) is 0 Å². The van der Waals surface area contributed by atoms with Crippen molar-refractivity contribution in [3.05, 3.63) is 136 Å². The quantitative estimate of drug-likeness (QED) is 0.0344. The number of likely N-dealkylation sites (N-methyl/N-ethyl adjacent to an activating group) is 2. The molecule has 14 heteroatoms.